The van der Waals surface area contributed by atoms with Crippen LogP contribution in [0.5, 0.6) is 0 Å². The number of pyridine rings is 1. The quantitative estimate of drug-likeness (QED) is 0.573. The third-order valence-corrected chi connectivity index (χ3v) is 2.12. The van der Waals surface area contributed by atoms with Crippen LogP contribution < -0.4 is 0 Å². The summed E-state index contributed by atoms with van der Waals surface area (Å²) in [7, 11) is 0. The van der Waals surface area contributed by atoms with Gasteiger partial charge in [0.25, 0.3) is 0 Å². The molecule has 0 N–H and O–H groups in total. The molecule has 0 spiro atoms. The fourth-order valence-corrected chi connectivity index (χ4v) is 1.42. The summed E-state index contributed by atoms with van der Waals surface area (Å²) in [5.41, 5.74) is 2.55. The minimum atomic E-state index is 1.22. The molecule has 0 bridgehead atoms. The summed E-state index contributed by atoms with van der Waals surface area (Å²) >= 11 is 0. The van der Waals surface area contributed by atoms with Crippen molar-refractivity contribution in [2.75, 3.05) is 0 Å². The van der Waals surface area contributed by atoms with Crippen molar-refractivity contribution < 1.29 is 0 Å². The predicted octanol–water partition coefficient (Wildman–Crippen LogP) is 2.85. The molecule has 2 rings (SSSR count). The van der Waals surface area contributed by atoms with E-state index in [1.54, 1.807) is 0 Å². The van der Waals surface area contributed by atoms with E-state index in [4.69, 9.17) is 0 Å². The number of rotatable bonds is 0. The first-order chi connectivity index (χ1) is 5.77. The first-order valence-corrected chi connectivity index (χ1v) is 4.08. The van der Waals surface area contributed by atoms with Crippen LogP contribution in [0.2, 0.25) is 0 Å². The molecule has 0 saturated carbocycles. The molecule has 0 unspecified atom stereocenters. The number of nitrogens with zero attached hydrogens (tertiary/aromatic N) is 1. The maximum atomic E-state index is 4.14. The smallest absolute Gasteiger partial charge is 0.0346 e. The van der Waals surface area contributed by atoms with Crippen LogP contribution in [-0.2, 0) is 0 Å². The van der Waals surface area contributed by atoms with Crippen molar-refractivity contribution in [2.45, 2.75) is 13.8 Å². The second-order valence-corrected chi connectivity index (χ2v) is 3.18. The highest BCUT2D eigenvalue weighted by atomic mass is 14.6. The van der Waals surface area contributed by atoms with Gasteiger partial charge in [0.2, 0.25) is 0 Å². The fourth-order valence-electron chi connectivity index (χ4n) is 1.42. The highest BCUT2D eigenvalue weighted by Crippen LogP contribution is 2.17. The Morgan fingerprint density at radius 3 is 2.75 bits per heavy atom. The summed E-state index contributed by atoms with van der Waals surface area (Å²) in [6.45, 7) is 4.20. The molecule has 0 fully saturated rings. The van der Waals surface area contributed by atoms with E-state index in [2.05, 4.69) is 37.0 Å². The first kappa shape index (κ1) is 7.29. The minimum absolute atomic E-state index is 1.22. The SMILES string of the molecule is Cc1ccc2cncc(C)c2c1. The molecule has 1 heteroatoms. The van der Waals surface area contributed by atoms with E-state index >= 15 is 0 Å². The number of aryl methyl sites for hydroxylation is 2. The molecular weight excluding hydrogens is 146 g/mol. The van der Waals surface area contributed by atoms with Crippen molar-refractivity contribution in [3.63, 3.8) is 0 Å². The Balaban J connectivity index is 2.88. The Morgan fingerprint density at radius 1 is 1.08 bits per heavy atom. The fraction of sp³-hybridized carbons (Fsp3) is 0.182. The molecule has 12 heavy (non-hydrogen) atoms. The van der Waals surface area contributed by atoms with Gasteiger partial charge in [0.05, 0.1) is 0 Å². The third kappa shape index (κ3) is 1.07. The van der Waals surface area contributed by atoms with Gasteiger partial charge in [-0.05, 0) is 24.8 Å². The van der Waals surface area contributed by atoms with Gasteiger partial charge in [0.1, 0.15) is 0 Å². The molecule has 2 aromatic rings. The lowest BCUT2D eigenvalue weighted by molar-refractivity contribution is 1.30. The summed E-state index contributed by atoms with van der Waals surface area (Å²) in [6, 6.07) is 6.43. The van der Waals surface area contributed by atoms with Crippen LogP contribution in [0.15, 0.2) is 30.6 Å². The van der Waals surface area contributed by atoms with Crippen molar-refractivity contribution in [2.24, 2.45) is 0 Å². The maximum Gasteiger partial charge on any atom is 0.0346 e. The average Bonchev–Trinajstić information content (AvgIpc) is 2.07. The van der Waals surface area contributed by atoms with E-state index in [9.17, 15) is 0 Å². The van der Waals surface area contributed by atoms with E-state index in [1.807, 2.05) is 12.4 Å². The zero-order valence-corrected chi connectivity index (χ0v) is 7.33. The highest BCUT2D eigenvalue weighted by molar-refractivity contribution is 5.85. The molecule has 0 aliphatic heterocycles. The summed E-state index contributed by atoms with van der Waals surface area (Å²) in [6.07, 6.45) is 3.81. The monoisotopic (exact) mass is 157 g/mol. The lowest BCUT2D eigenvalue weighted by Crippen LogP contribution is -1.81. The van der Waals surface area contributed by atoms with Crippen LogP contribution in [0.25, 0.3) is 10.8 Å². The summed E-state index contributed by atoms with van der Waals surface area (Å²) < 4.78 is 0. The summed E-state index contributed by atoms with van der Waals surface area (Å²) in [4.78, 5) is 4.14. The lowest BCUT2D eigenvalue weighted by Gasteiger charge is -2.01. The second kappa shape index (κ2) is 2.59. The molecule has 0 saturated heterocycles. The predicted molar refractivity (Wildman–Crippen MR) is 51.2 cm³/mol. The lowest BCUT2D eigenvalue weighted by atomic mass is 10.1. The summed E-state index contributed by atoms with van der Waals surface area (Å²) in [5.74, 6) is 0. The van der Waals surface area contributed by atoms with Crippen LogP contribution in [-0.4, -0.2) is 4.98 Å². The molecular formula is C11H11N. The van der Waals surface area contributed by atoms with E-state index in [1.165, 1.54) is 21.9 Å². The molecule has 0 radical (unpaired) electrons. The van der Waals surface area contributed by atoms with Gasteiger partial charge in [-0.3, -0.25) is 4.98 Å². The highest BCUT2D eigenvalue weighted by Gasteiger charge is 1.95. The Labute approximate surface area is 72.1 Å². The third-order valence-electron chi connectivity index (χ3n) is 2.12. The molecule has 60 valence electrons. The Hall–Kier alpha value is -1.37. The maximum absolute atomic E-state index is 4.14. The second-order valence-electron chi connectivity index (χ2n) is 3.18. The molecule has 1 nitrogen and oxygen atoms in total. The minimum Gasteiger partial charge on any atom is -0.264 e. The van der Waals surface area contributed by atoms with Gasteiger partial charge >= 0.3 is 0 Å². The van der Waals surface area contributed by atoms with Crippen molar-refractivity contribution >= 4 is 10.8 Å². The number of aromatic nitrogens is 1. The molecule has 0 aliphatic carbocycles. The Bertz CT molecular complexity index is 418. The van der Waals surface area contributed by atoms with E-state index in [0.717, 1.165) is 0 Å². The van der Waals surface area contributed by atoms with Gasteiger partial charge in [0, 0.05) is 17.8 Å². The topological polar surface area (TPSA) is 12.9 Å². The molecule has 0 amide bonds. The molecule has 1 aromatic carbocycles. The van der Waals surface area contributed by atoms with Gasteiger partial charge in [-0.25, -0.2) is 0 Å². The van der Waals surface area contributed by atoms with Gasteiger partial charge in [-0.15, -0.1) is 0 Å². The first-order valence-electron chi connectivity index (χ1n) is 4.08. The van der Waals surface area contributed by atoms with E-state index in [-0.39, 0.29) is 0 Å². The van der Waals surface area contributed by atoms with Gasteiger partial charge in [0.15, 0.2) is 0 Å². The van der Waals surface area contributed by atoms with Gasteiger partial charge in [-0.2, -0.15) is 0 Å². The molecule has 1 aromatic heterocycles. The van der Waals surface area contributed by atoms with E-state index in [0.29, 0.717) is 0 Å². The normalized spacial score (nSPS) is 10.5. The standard InChI is InChI=1S/C11H11N/c1-8-3-4-10-7-12-6-9(2)11(10)5-8/h3-7H,1-2H3. The van der Waals surface area contributed by atoms with Crippen molar-refractivity contribution in [1.29, 1.82) is 0 Å². The Morgan fingerprint density at radius 2 is 1.92 bits per heavy atom. The largest absolute Gasteiger partial charge is 0.264 e. The van der Waals surface area contributed by atoms with Crippen molar-refractivity contribution in [1.82, 2.24) is 4.98 Å². The molecule has 1 heterocycles. The van der Waals surface area contributed by atoms with Crippen LogP contribution in [0.3, 0.4) is 0 Å². The average molecular weight is 157 g/mol. The van der Waals surface area contributed by atoms with Crippen LogP contribution in [0.1, 0.15) is 11.1 Å². The van der Waals surface area contributed by atoms with Crippen LogP contribution in [0.4, 0.5) is 0 Å². The van der Waals surface area contributed by atoms with E-state index < -0.39 is 0 Å². The zero-order chi connectivity index (χ0) is 8.55. The Kier molecular flexibility index (Phi) is 1.58. The van der Waals surface area contributed by atoms with Gasteiger partial charge < -0.3 is 0 Å². The van der Waals surface area contributed by atoms with Crippen LogP contribution in [0, 0.1) is 13.8 Å². The molecule has 0 aliphatic rings. The molecule has 0 atom stereocenters. The summed E-state index contributed by atoms with van der Waals surface area (Å²) in [5, 5.41) is 2.53. The van der Waals surface area contributed by atoms with Crippen molar-refractivity contribution in [3.05, 3.63) is 41.7 Å². The van der Waals surface area contributed by atoms with Crippen molar-refractivity contribution in [3.8, 4) is 0 Å². The number of benzene rings is 1. The van der Waals surface area contributed by atoms with Crippen LogP contribution >= 0.6 is 0 Å². The number of hydrogen-bond donors (Lipinski definition) is 0. The van der Waals surface area contributed by atoms with Gasteiger partial charge in [-0.1, -0.05) is 23.8 Å². The number of hydrogen-bond acceptors (Lipinski definition) is 1. The number of fused-ring (bicyclic) bond motifs is 1. The zero-order valence-electron chi connectivity index (χ0n) is 7.33.